The molecule has 1 rings (SSSR count). The number of hydrogen-bond donors (Lipinski definition) is 0. The first-order valence-corrected chi connectivity index (χ1v) is 5.51. The molecule has 2 nitrogen and oxygen atoms in total. The standard InChI is InChI=1S/C10H14Cl2N2/c1-8(2)14(7-5-11)10-9(12)4-3-6-13-10/h3-4,6,8H,5,7H2,1-2H3. The van der Waals surface area contributed by atoms with Gasteiger partial charge < -0.3 is 4.90 Å². The maximum Gasteiger partial charge on any atom is 0.147 e. The first-order chi connectivity index (χ1) is 6.66. The maximum atomic E-state index is 6.05. The maximum absolute atomic E-state index is 6.05. The van der Waals surface area contributed by atoms with Gasteiger partial charge in [0.05, 0.1) is 5.02 Å². The van der Waals surface area contributed by atoms with Crippen LogP contribution in [0.25, 0.3) is 0 Å². The van der Waals surface area contributed by atoms with Gasteiger partial charge in [0.15, 0.2) is 0 Å². The molecule has 0 bridgehead atoms. The summed E-state index contributed by atoms with van der Waals surface area (Å²) in [5.74, 6) is 1.38. The molecule has 1 heterocycles. The van der Waals surface area contributed by atoms with Crippen molar-refractivity contribution in [3.05, 3.63) is 23.4 Å². The molecule has 0 aliphatic carbocycles. The molecule has 0 atom stereocenters. The number of halogens is 2. The van der Waals surface area contributed by atoms with E-state index in [2.05, 4.69) is 23.7 Å². The fourth-order valence-corrected chi connectivity index (χ4v) is 1.70. The summed E-state index contributed by atoms with van der Waals surface area (Å²) in [6.45, 7) is 4.95. The van der Waals surface area contributed by atoms with E-state index in [-0.39, 0.29) is 0 Å². The Hall–Kier alpha value is -0.470. The Kier molecular flexibility index (Phi) is 4.49. The van der Waals surface area contributed by atoms with E-state index in [0.717, 1.165) is 12.4 Å². The van der Waals surface area contributed by atoms with Crippen LogP contribution >= 0.6 is 23.2 Å². The topological polar surface area (TPSA) is 16.1 Å². The molecule has 1 aromatic heterocycles. The monoisotopic (exact) mass is 232 g/mol. The number of rotatable bonds is 4. The lowest BCUT2D eigenvalue weighted by molar-refractivity contribution is 0.695. The molecule has 0 saturated carbocycles. The highest BCUT2D eigenvalue weighted by atomic mass is 35.5. The molecule has 4 heteroatoms. The lowest BCUT2D eigenvalue weighted by Gasteiger charge is -2.27. The first kappa shape index (κ1) is 11.6. The van der Waals surface area contributed by atoms with Crippen LogP contribution in [0, 0.1) is 0 Å². The number of aromatic nitrogens is 1. The molecule has 0 aliphatic heterocycles. The second kappa shape index (κ2) is 5.42. The number of nitrogens with zero attached hydrogens (tertiary/aromatic N) is 2. The zero-order valence-electron chi connectivity index (χ0n) is 8.37. The Labute approximate surface area is 94.8 Å². The minimum atomic E-state index is 0.348. The van der Waals surface area contributed by atoms with Gasteiger partial charge in [-0.25, -0.2) is 4.98 Å². The Balaban J connectivity index is 2.93. The summed E-state index contributed by atoms with van der Waals surface area (Å²) in [4.78, 5) is 6.35. The summed E-state index contributed by atoms with van der Waals surface area (Å²) in [5, 5.41) is 0.673. The smallest absolute Gasteiger partial charge is 0.147 e. The van der Waals surface area contributed by atoms with E-state index >= 15 is 0 Å². The SMILES string of the molecule is CC(C)N(CCCl)c1ncccc1Cl. The lowest BCUT2D eigenvalue weighted by Crippen LogP contribution is -2.33. The van der Waals surface area contributed by atoms with Gasteiger partial charge in [-0.3, -0.25) is 0 Å². The number of alkyl halides is 1. The second-order valence-electron chi connectivity index (χ2n) is 3.28. The van der Waals surface area contributed by atoms with Crippen LogP contribution in [0.4, 0.5) is 5.82 Å². The van der Waals surface area contributed by atoms with Crippen LogP contribution in [-0.2, 0) is 0 Å². The third-order valence-corrected chi connectivity index (χ3v) is 2.42. The van der Waals surface area contributed by atoms with Crippen molar-refractivity contribution < 1.29 is 0 Å². The van der Waals surface area contributed by atoms with Gasteiger partial charge in [0.25, 0.3) is 0 Å². The van der Waals surface area contributed by atoms with Gasteiger partial charge in [0.2, 0.25) is 0 Å². The summed E-state index contributed by atoms with van der Waals surface area (Å²) >= 11 is 11.8. The molecule has 0 saturated heterocycles. The largest absolute Gasteiger partial charge is 0.352 e. The van der Waals surface area contributed by atoms with Gasteiger partial charge in [-0.2, -0.15) is 0 Å². The average molecular weight is 233 g/mol. The van der Waals surface area contributed by atoms with Crippen molar-refractivity contribution >= 4 is 29.0 Å². The molecule has 1 aromatic rings. The average Bonchev–Trinajstić information content (AvgIpc) is 2.15. The Morgan fingerprint density at radius 2 is 2.21 bits per heavy atom. The third-order valence-electron chi connectivity index (χ3n) is 1.96. The van der Waals surface area contributed by atoms with Gasteiger partial charge in [-0.05, 0) is 26.0 Å². The fraction of sp³-hybridized carbons (Fsp3) is 0.500. The minimum Gasteiger partial charge on any atom is -0.352 e. The molecule has 0 aliphatic rings. The van der Waals surface area contributed by atoms with Crippen molar-refractivity contribution in [2.45, 2.75) is 19.9 Å². The van der Waals surface area contributed by atoms with Gasteiger partial charge in [0, 0.05) is 24.7 Å². The van der Waals surface area contributed by atoms with Gasteiger partial charge >= 0.3 is 0 Å². The van der Waals surface area contributed by atoms with Crippen molar-refractivity contribution in [2.24, 2.45) is 0 Å². The highest BCUT2D eigenvalue weighted by Gasteiger charge is 2.13. The molecule has 0 fully saturated rings. The second-order valence-corrected chi connectivity index (χ2v) is 4.07. The molecule has 14 heavy (non-hydrogen) atoms. The van der Waals surface area contributed by atoms with Crippen molar-refractivity contribution in [3.8, 4) is 0 Å². The number of anilines is 1. The highest BCUT2D eigenvalue weighted by Crippen LogP contribution is 2.23. The quantitative estimate of drug-likeness (QED) is 0.742. The van der Waals surface area contributed by atoms with E-state index in [1.54, 1.807) is 6.20 Å². The Morgan fingerprint density at radius 1 is 1.50 bits per heavy atom. The summed E-state index contributed by atoms with van der Waals surface area (Å²) in [6.07, 6.45) is 1.74. The van der Waals surface area contributed by atoms with Crippen LogP contribution in [0.5, 0.6) is 0 Å². The van der Waals surface area contributed by atoms with Crippen molar-refractivity contribution in [1.29, 1.82) is 0 Å². The highest BCUT2D eigenvalue weighted by molar-refractivity contribution is 6.32. The number of pyridine rings is 1. The van der Waals surface area contributed by atoms with Crippen molar-refractivity contribution in [1.82, 2.24) is 4.98 Å². The molecule has 0 N–H and O–H groups in total. The van der Waals surface area contributed by atoms with Crippen LogP contribution in [0.15, 0.2) is 18.3 Å². The van der Waals surface area contributed by atoms with Crippen LogP contribution in [-0.4, -0.2) is 23.5 Å². The summed E-state index contributed by atoms with van der Waals surface area (Å²) < 4.78 is 0. The van der Waals surface area contributed by atoms with E-state index in [9.17, 15) is 0 Å². The molecule has 0 spiro atoms. The summed E-state index contributed by atoms with van der Waals surface area (Å²) in [7, 11) is 0. The molecule has 0 amide bonds. The predicted octanol–water partition coefficient (Wildman–Crippen LogP) is 3.19. The van der Waals surface area contributed by atoms with Crippen LogP contribution < -0.4 is 4.90 Å². The fourth-order valence-electron chi connectivity index (χ4n) is 1.29. The van der Waals surface area contributed by atoms with Gasteiger partial charge in [0.1, 0.15) is 5.82 Å². The normalized spacial score (nSPS) is 10.6. The van der Waals surface area contributed by atoms with Gasteiger partial charge in [-0.1, -0.05) is 11.6 Å². The van der Waals surface area contributed by atoms with Crippen molar-refractivity contribution in [3.63, 3.8) is 0 Å². The molecule has 0 unspecified atom stereocenters. The van der Waals surface area contributed by atoms with Crippen LogP contribution in [0.2, 0.25) is 5.02 Å². The molecule has 0 aromatic carbocycles. The summed E-state index contributed by atoms with van der Waals surface area (Å²) in [5.41, 5.74) is 0. The lowest BCUT2D eigenvalue weighted by atomic mass is 10.3. The third kappa shape index (κ3) is 2.76. The van der Waals surface area contributed by atoms with E-state index in [4.69, 9.17) is 23.2 Å². The van der Waals surface area contributed by atoms with Crippen LogP contribution in [0.3, 0.4) is 0 Å². The van der Waals surface area contributed by atoms with Crippen molar-refractivity contribution in [2.75, 3.05) is 17.3 Å². The zero-order chi connectivity index (χ0) is 10.6. The zero-order valence-corrected chi connectivity index (χ0v) is 9.89. The van der Waals surface area contributed by atoms with Crippen LogP contribution in [0.1, 0.15) is 13.8 Å². The molecule has 0 radical (unpaired) electrons. The summed E-state index contributed by atoms with van der Waals surface area (Å²) in [6, 6.07) is 4.01. The van der Waals surface area contributed by atoms with E-state index in [0.29, 0.717) is 16.9 Å². The van der Waals surface area contributed by atoms with Gasteiger partial charge in [-0.15, -0.1) is 11.6 Å². The Bertz CT molecular complexity index is 289. The van der Waals surface area contributed by atoms with E-state index in [1.807, 2.05) is 12.1 Å². The van der Waals surface area contributed by atoms with E-state index < -0.39 is 0 Å². The first-order valence-electron chi connectivity index (χ1n) is 4.60. The minimum absolute atomic E-state index is 0.348. The Morgan fingerprint density at radius 3 is 2.71 bits per heavy atom. The van der Waals surface area contributed by atoms with E-state index in [1.165, 1.54) is 0 Å². The molecule has 78 valence electrons. The number of hydrogen-bond acceptors (Lipinski definition) is 2. The molecular weight excluding hydrogens is 219 g/mol. The predicted molar refractivity (Wildman–Crippen MR) is 62.4 cm³/mol. The molecular formula is C10H14Cl2N2.